The molecule has 1 aromatic heterocycles. The van der Waals surface area contributed by atoms with Crippen molar-refractivity contribution in [2.45, 2.75) is 19.4 Å². The van der Waals surface area contributed by atoms with Gasteiger partial charge in [0.2, 0.25) is 5.91 Å². The fraction of sp³-hybridized carbons (Fsp3) is 0.231. The largest absolute Gasteiger partial charge is 0.397 e. The number of benzene rings is 1. The molecular formula is C13H15ClN4O. The van der Waals surface area contributed by atoms with Crippen LogP contribution in [0.4, 0.5) is 11.4 Å². The van der Waals surface area contributed by atoms with Gasteiger partial charge in [0.25, 0.3) is 0 Å². The molecule has 0 atom stereocenters. The van der Waals surface area contributed by atoms with E-state index in [-0.39, 0.29) is 5.91 Å². The number of nitrogens with zero attached hydrogens (tertiary/aromatic N) is 2. The summed E-state index contributed by atoms with van der Waals surface area (Å²) in [5.41, 5.74) is 6.83. The van der Waals surface area contributed by atoms with Crippen LogP contribution in [0.1, 0.15) is 12.8 Å². The van der Waals surface area contributed by atoms with E-state index in [1.807, 2.05) is 10.8 Å². The molecule has 0 spiro atoms. The smallest absolute Gasteiger partial charge is 0.224 e. The maximum atomic E-state index is 11.8. The number of nitrogen functional groups attached to an aromatic ring is 1. The molecule has 0 saturated carbocycles. The average Bonchev–Trinajstić information content (AvgIpc) is 2.86. The van der Waals surface area contributed by atoms with Crippen LogP contribution >= 0.6 is 11.6 Å². The Balaban J connectivity index is 1.80. The zero-order chi connectivity index (χ0) is 13.7. The van der Waals surface area contributed by atoms with E-state index >= 15 is 0 Å². The normalized spacial score (nSPS) is 10.4. The molecule has 0 saturated heterocycles. The molecule has 2 aromatic rings. The summed E-state index contributed by atoms with van der Waals surface area (Å²) >= 11 is 5.79. The van der Waals surface area contributed by atoms with Gasteiger partial charge in [-0.3, -0.25) is 4.79 Å². The summed E-state index contributed by atoms with van der Waals surface area (Å²) < 4.78 is 1.93. The minimum atomic E-state index is -0.0610. The maximum Gasteiger partial charge on any atom is 0.224 e. The number of hydrogen-bond acceptors (Lipinski definition) is 3. The zero-order valence-electron chi connectivity index (χ0n) is 10.3. The van der Waals surface area contributed by atoms with Crippen LogP contribution in [-0.4, -0.2) is 15.5 Å². The Labute approximate surface area is 116 Å². The first kappa shape index (κ1) is 13.4. The molecule has 0 bridgehead atoms. The lowest BCUT2D eigenvalue weighted by atomic mass is 10.2. The monoisotopic (exact) mass is 278 g/mol. The Hall–Kier alpha value is -2.01. The number of carbonyl (C=O) groups excluding carboxylic acids is 1. The number of rotatable bonds is 5. The third kappa shape index (κ3) is 3.99. The molecule has 6 heteroatoms. The van der Waals surface area contributed by atoms with Crippen LogP contribution in [0.25, 0.3) is 0 Å². The summed E-state index contributed by atoms with van der Waals surface area (Å²) in [5.74, 6) is -0.0610. The van der Waals surface area contributed by atoms with E-state index in [2.05, 4.69) is 10.3 Å². The Morgan fingerprint density at radius 2 is 2.32 bits per heavy atom. The van der Waals surface area contributed by atoms with Crippen LogP contribution in [0.3, 0.4) is 0 Å². The first-order valence-corrected chi connectivity index (χ1v) is 6.33. The van der Waals surface area contributed by atoms with Gasteiger partial charge in [-0.1, -0.05) is 11.6 Å². The van der Waals surface area contributed by atoms with E-state index in [4.69, 9.17) is 17.3 Å². The minimum absolute atomic E-state index is 0.0610. The first-order chi connectivity index (χ1) is 9.15. The van der Waals surface area contributed by atoms with Crippen LogP contribution in [-0.2, 0) is 11.3 Å². The lowest BCUT2D eigenvalue weighted by Gasteiger charge is -2.08. The number of aromatic nitrogens is 2. The van der Waals surface area contributed by atoms with Crippen molar-refractivity contribution in [1.82, 2.24) is 9.55 Å². The van der Waals surface area contributed by atoms with Gasteiger partial charge in [0, 0.05) is 30.4 Å². The van der Waals surface area contributed by atoms with Gasteiger partial charge in [0.15, 0.2) is 0 Å². The molecule has 100 valence electrons. The maximum absolute atomic E-state index is 11.8. The van der Waals surface area contributed by atoms with Gasteiger partial charge < -0.3 is 15.6 Å². The van der Waals surface area contributed by atoms with Crippen molar-refractivity contribution in [3.63, 3.8) is 0 Å². The molecule has 3 N–H and O–H groups in total. The molecule has 0 aliphatic rings. The number of anilines is 2. The highest BCUT2D eigenvalue weighted by molar-refractivity contribution is 6.31. The van der Waals surface area contributed by atoms with Crippen molar-refractivity contribution < 1.29 is 4.79 Å². The summed E-state index contributed by atoms with van der Waals surface area (Å²) in [7, 11) is 0. The summed E-state index contributed by atoms with van der Waals surface area (Å²) in [6.07, 6.45) is 6.49. The number of halogens is 1. The Morgan fingerprint density at radius 1 is 1.47 bits per heavy atom. The lowest BCUT2D eigenvalue weighted by molar-refractivity contribution is -0.116. The predicted octanol–water partition coefficient (Wildman–Crippen LogP) is 2.54. The molecule has 1 heterocycles. The van der Waals surface area contributed by atoms with Gasteiger partial charge >= 0.3 is 0 Å². The molecule has 0 aliphatic heterocycles. The van der Waals surface area contributed by atoms with Crippen molar-refractivity contribution in [2.75, 3.05) is 11.1 Å². The molecular weight excluding hydrogens is 264 g/mol. The third-order valence-corrected chi connectivity index (χ3v) is 2.90. The van der Waals surface area contributed by atoms with Crippen molar-refractivity contribution >= 4 is 28.9 Å². The van der Waals surface area contributed by atoms with Crippen LogP contribution in [0.15, 0.2) is 36.9 Å². The highest BCUT2D eigenvalue weighted by Crippen LogP contribution is 2.22. The van der Waals surface area contributed by atoms with E-state index in [1.54, 1.807) is 30.7 Å². The predicted molar refractivity (Wildman–Crippen MR) is 76.0 cm³/mol. The lowest BCUT2D eigenvalue weighted by Crippen LogP contribution is -2.13. The zero-order valence-corrected chi connectivity index (χ0v) is 11.1. The van der Waals surface area contributed by atoms with E-state index in [0.29, 0.717) is 22.8 Å². The van der Waals surface area contributed by atoms with Gasteiger partial charge in [0.1, 0.15) is 0 Å². The quantitative estimate of drug-likeness (QED) is 0.826. The van der Waals surface area contributed by atoms with E-state index in [1.165, 1.54) is 0 Å². The number of hydrogen-bond donors (Lipinski definition) is 2. The highest BCUT2D eigenvalue weighted by Gasteiger charge is 2.05. The van der Waals surface area contributed by atoms with Crippen molar-refractivity contribution in [2.24, 2.45) is 0 Å². The van der Waals surface area contributed by atoms with E-state index in [9.17, 15) is 4.79 Å². The molecule has 0 aliphatic carbocycles. The minimum Gasteiger partial charge on any atom is -0.397 e. The van der Waals surface area contributed by atoms with E-state index in [0.717, 1.165) is 13.0 Å². The van der Waals surface area contributed by atoms with Gasteiger partial charge in [-0.15, -0.1) is 0 Å². The summed E-state index contributed by atoms with van der Waals surface area (Å²) in [6.45, 7) is 0.767. The first-order valence-electron chi connectivity index (χ1n) is 5.96. The number of carbonyl (C=O) groups is 1. The molecule has 5 nitrogen and oxygen atoms in total. The molecule has 1 amide bonds. The number of amides is 1. The van der Waals surface area contributed by atoms with Crippen LogP contribution in [0, 0.1) is 0 Å². The number of aryl methyl sites for hydroxylation is 1. The Bertz CT molecular complexity index is 554. The molecule has 0 radical (unpaired) electrons. The second kappa shape index (κ2) is 6.24. The average molecular weight is 279 g/mol. The van der Waals surface area contributed by atoms with Gasteiger partial charge in [-0.2, -0.15) is 0 Å². The molecule has 0 fully saturated rings. The number of imidazole rings is 1. The third-order valence-electron chi connectivity index (χ3n) is 2.67. The van der Waals surface area contributed by atoms with Crippen molar-refractivity contribution in [3.05, 3.63) is 41.9 Å². The van der Waals surface area contributed by atoms with E-state index < -0.39 is 0 Å². The summed E-state index contributed by atoms with van der Waals surface area (Å²) in [4.78, 5) is 15.7. The standard InChI is InChI=1S/C13H15ClN4O/c14-10-3-4-12(11(15)8-10)17-13(19)2-1-6-18-7-5-16-9-18/h3-5,7-9H,1-2,6,15H2,(H,17,19). The second-order valence-electron chi connectivity index (χ2n) is 4.18. The Kier molecular flexibility index (Phi) is 4.41. The highest BCUT2D eigenvalue weighted by atomic mass is 35.5. The van der Waals surface area contributed by atoms with Gasteiger partial charge in [-0.25, -0.2) is 4.98 Å². The van der Waals surface area contributed by atoms with Gasteiger partial charge in [-0.05, 0) is 24.6 Å². The van der Waals surface area contributed by atoms with Crippen molar-refractivity contribution in [1.29, 1.82) is 0 Å². The van der Waals surface area contributed by atoms with Gasteiger partial charge in [0.05, 0.1) is 17.7 Å². The van der Waals surface area contributed by atoms with Crippen LogP contribution in [0.5, 0.6) is 0 Å². The molecule has 0 unspecified atom stereocenters. The SMILES string of the molecule is Nc1cc(Cl)ccc1NC(=O)CCCn1ccnc1. The number of nitrogens with one attached hydrogen (secondary N) is 1. The van der Waals surface area contributed by atoms with Crippen LogP contribution < -0.4 is 11.1 Å². The topological polar surface area (TPSA) is 72.9 Å². The molecule has 1 aromatic carbocycles. The fourth-order valence-electron chi connectivity index (χ4n) is 1.70. The van der Waals surface area contributed by atoms with Crippen LogP contribution in [0.2, 0.25) is 5.02 Å². The molecule has 19 heavy (non-hydrogen) atoms. The summed E-state index contributed by atoms with van der Waals surface area (Å²) in [6, 6.07) is 5.01. The number of nitrogens with two attached hydrogens (primary N) is 1. The summed E-state index contributed by atoms with van der Waals surface area (Å²) in [5, 5.41) is 3.32. The molecule has 2 rings (SSSR count). The van der Waals surface area contributed by atoms with Crippen molar-refractivity contribution in [3.8, 4) is 0 Å². The fourth-order valence-corrected chi connectivity index (χ4v) is 1.88. The second-order valence-corrected chi connectivity index (χ2v) is 4.62. The Morgan fingerprint density at radius 3 is 3.00 bits per heavy atom.